The van der Waals surface area contributed by atoms with Crippen LogP contribution < -0.4 is 9.30 Å². The van der Waals surface area contributed by atoms with Gasteiger partial charge >= 0.3 is 0 Å². The summed E-state index contributed by atoms with van der Waals surface area (Å²) in [6, 6.07) is 42.4. The second-order valence-corrected chi connectivity index (χ2v) is 16.6. The smallest absolute Gasteiger partial charge is 0.231 e. The summed E-state index contributed by atoms with van der Waals surface area (Å²) in [5.41, 5.74) is 5.91. The van der Waals surface area contributed by atoms with Gasteiger partial charge in [-0.05, 0) is 85.9 Å². The first-order chi connectivity index (χ1) is 36.0. The molecule has 0 amide bonds. The fourth-order valence-corrected chi connectivity index (χ4v) is 8.35. The second kappa shape index (κ2) is 16.4. The molecular formula is C59H45N5O. The molecule has 0 bridgehead atoms. The van der Waals surface area contributed by atoms with E-state index in [2.05, 4.69) is 62.0 Å². The van der Waals surface area contributed by atoms with Crippen molar-refractivity contribution in [2.45, 2.75) is 26.2 Å². The summed E-state index contributed by atoms with van der Waals surface area (Å²) in [5.74, 6) is 2.05. The molecule has 6 nitrogen and oxygen atoms in total. The van der Waals surface area contributed by atoms with E-state index in [4.69, 9.17) is 28.5 Å². The zero-order valence-electron chi connectivity index (χ0n) is 45.7. The molecule has 0 saturated heterocycles. The predicted octanol–water partition coefficient (Wildman–Crippen LogP) is 14.2. The summed E-state index contributed by atoms with van der Waals surface area (Å²) in [5, 5.41) is 7.18. The van der Waals surface area contributed by atoms with Gasteiger partial charge in [0.1, 0.15) is 17.3 Å². The molecule has 0 saturated carbocycles. The number of nitrogens with zero attached hydrogens (tertiary/aromatic N) is 5. The Morgan fingerprint density at radius 1 is 0.569 bits per heavy atom. The molecule has 0 fully saturated rings. The Morgan fingerprint density at radius 2 is 1.22 bits per heavy atom. The molecule has 11 aromatic rings. The van der Waals surface area contributed by atoms with Crippen LogP contribution in [-0.4, -0.2) is 19.3 Å². The Morgan fingerprint density at radius 3 is 1.91 bits per heavy atom. The monoisotopic (exact) mass is 849 g/mol. The molecule has 65 heavy (non-hydrogen) atoms. The zero-order chi connectivity index (χ0) is 52.6. The van der Waals surface area contributed by atoms with E-state index in [1.165, 1.54) is 9.25 Å². The first-order valence-electron chi connectivity index (χ1n) is 26.2. The molecule has 0 unspecified atom stereocenters. The Bertz CT molecular complexity index is 3950. The summed E-state index contributed by atoms with van der Waals surface area (Å²) in [4.78, 5) is 4.92. The number of benzene rings is 8. The van der Waals surface area contributed by atoms with Crippen molar-refractivity contribution in [2.24, 2.45) is 0 Å². The van der Waals surface area contributed by atoms with Crippen molar-refractivity contribution < 1.29 is 23.0 Å². The SMILES string of the molecule is [2H]c1c([2H])c([2H])c(-c2cccc(-c3c([2H])c([2H])c([2H])c([2H])c3[2H])c2-[n+]2[c-]n(-c3cccc(Oc4cc(-c5ccccc5)c5c6ccccc6n(-c6cc(C(C)(C)C)ccn6)c5c4)c3)nc2-c2ccccc2)c([2H])c1[2H]. The lowest BCUT2D eigenvalue weighted by Gasteiger charge is -2.20. The molecule has 3 aromatic heterocycles. The maximum absolute atomic E-state index is 9.09. The standard InChI is InChI=1S/C59H45N5O/c1-59(2,3)45-34-35-60-55(36-45)64-53-33-17-16-30-51(53)56-52(43-24-12-6-13-25-43)38-48(39-54(56)64)65-47-29-18-28-46(37-47)63-40-62(58(61-63)44-26-14-7-15-27-44)57-49(41-20-8-4-9-21-41)31-19-32-50(57)42-22-10-5-11-23-42/h4-39H,1-3H3/i4D,5D,8D,9D,10D,11D,20D,21D,22D,23D. The topological polar surface area (TPSA) is 48.8 Å². The van der Waals surface area contributed by atoms with Gasteiger partial charge in [0.05, 0.1) is 30.4 Å². The third kappa shape index (κ3) is 7.45. The van der Waals surface area contributed by atoms with Crippen LogP contribution in [0.25, 0.3) is 83.8 Å². The van der Waals surface area contributed by atoms with E-state index in [0.717, 1.165) is 44.3 Å². The van der Waals surface area contributed by atoms with Gasteiger partial charge < -0.3 is 9.30 Å². The van der Waals surface area contributed by atoms with Crippen LogP contribution in [0.1, 0.15) is 40.0 Å². The minimum Gasteiger partial charge on any atom is -0.458 e. The molecule has 0 N–H and O–H groups in total. The van der Waals surface area contributed by atoms with Crippen molar-refractivity contribution in [2.75, 3.05) is 0 Å². The van der Waals surface area contributed by atoms with Gasteiger partial charge in [-0.3, -0.25) is 4.57 Å². The second-order valence-electron chi connectivity index (χ2n) is 16.6. The van der Waals surface area contributed by atoms with E-state index < -0.39 is 60.4 Å². The summed E-state index contributed by atoms with van der Waals surface area (Å²) in [7, 11) is 0. The van der Waals surface area contributed by atoms with Crippen LogP contribution in [-0.2, 0) is 5.41 Å². The highest BCUT2D eigenvalue weighted by Crippen LogP contribution is 2.42. The van der Waals surface area contributed by atoms with E-state index in [1.54, 1.807) is 24.3 Å². The van der Waals surface area contributed by atoms with Crippen LogP contribution in [0, 0.1) is 6.33 Å². The molecule has 0 aliphatic carbocycles. The predicted molar refractivity (Wildman–Crippen MR) is 263 cm³/mol. The molecule has 6 heteroatoms. The Balaban J connectivity index is 1.12. The van der Waals surface area contributed by atoms with Gasteiger partial charge in [-0.1, -0.05) is 190 Å². The largest absolute Gasteiger partial charge is 0.458 e. The minimum absolute atomic E-state index is 0.103. The zero-order valence-corrected chi connectivity index (χ0v) is 35.7. The quantitative estimate of drug-likeness (QED) is 0.107. The molecule has 0 spiro atoms. The highest BCUT2D eigenvalue weighted by Gasteiger charge is 2.23. The van der Waals surface area contributed by atoms with Gasteiger partial charge in [0.25, 0.3) is 0 Å². The highest BCUT2D eigenvalue weighted by molar-refractivity contribution is 6.16. The average Bonchev–Trinajstić information content (AvgIpc) is 4.01. The fraction of sp³-hybridized carbons (Fsp3) is 0.0678. The summed E-state index contributed by atoms with van der Waals surface area (Å²) in [6.07, 6.45) is 5.20. The molecule has 0 aliphatic rings. The lowest BCUT2D eigenvalue weighted by Crippen LogP contribution is -2.33. The van der Waals surface area contributed by atoms with E-state index in [-0.39, 0.29) is 39.2 Å². The van der Waals surface area contributed by atoms with Gasteiger partial charge in [0.2, 0.25) is 12.2 Å². The van der Waals surface area contributed by atoms with Crippen LogP contribution in [0.2, 0.25) is 0 Å². The Kier molecular flexibility index (Phi) is 7.54. The summed E-state index contributed by atoms with van der Waals surface area (Å²) >= 11 is 0. The number of aromatic nitrogens is 5. The van der Waals surface area contributed by atoms with Crippen LogP contribution in [0.3, 0.4) is 0 Å². The van der Waals surface area contributed by atoms with Crippen molar-refractivity contribution in [1.82, 2.24) is 19.3 Å². The Hall–Kier alpha value is -8.35. The van der Waals surface area contributed by atoms with E-state index in [1.807, 2.05) is 103 Å². The van der Waals surface area contributed by atoms with Crippen LogP contribution in [0.4, 0.5) is 0 Å². The number of pyridine rings is 1. The summed E-state index contributed by atoms with van der Waals surface area (Å²) in [6.45, 7) is 6.54. The number of ether oxygens (including phenoxy) is 1. The lowest BCUT2D eigenvalue weighted by molar-refractivity contribution is -0.587. The van der Waals surface area contributed by atoms with Crippen molar-refractivity contribution in [1.29, 1.82) is 0 Å². The highest BCUT2D eigenvalue weighted by atomic mass is 16.5. The van der Waals surface area contributed by atoms with E-state index in [9.17, 15) is 0 Å². The molecular weight excluding hydrogens is 795 g/mol. The van der Waals surface area contributed by atoms with Gasteiger partial charge in [0.15, 0.2) is 0 Å². The molecule has 11 rings (SSSR count). The molecule has 0 aliphatic heterocycles. The fourth-order valence-electron chi connectivity index (χ4n) is 8.35. The van der Waals surface area contributed by atoms with E-state index >= 15 is 0 Å². The maximum atomic E-state index is 9.09. The minimum atomic E-state index is -0.585. The summed E-state index contributed by atoms with van der Waals surface area (Å²) < 4.78 is 99.8. The third-order valence-corrected chi connectivity index (χ3v) is 11.4. The number of para-hydroxylation sites is 2. The Labute approximate surface area is 393 Å². The molecule has 0 atom stereocenters. The molecule has 3 heterocycles. The van der Waals surface area contributed by atoms with Crippen molar-refractivity contribution in [3.63, 3.8) is 0 Å². The lowest BCUT2D eigenvalue weighted by atomic mass is 9.88. The third-order valence-electron chi connectivity index (χ3n) is 11.4. The molecule has 8 aromatic carbocycles. The average molecular weight is 850 g/mol. The first kappa shape index (κ1) is 29.9. The van der Waals surface area contributed by atoms with Gasteiger partial charge in [0, 0.05) is 34.3 Å². The number of rotatable bonds is 9. The van der Waals surface area contributed by atoms with E-state index in [0.29, 0.717) is 22.7 Å². The maximum Gasteiger partial charge on any atom is 0.231 e. The van der Waals surface area contributed by atoms with Gasteiger partial charge in [-0.2, -0.15) is 4.68 Å². The van der Waals surface area contributed by atoms with Gasteiger partial charge in [-0.25, -0.2) is 4.98 Å². The number of hydrogen-bond acceptors (Lipinski definition) is 3. The molecule has 0 radical (unpaired) electrons. The normalized spacial score (nSPS) is 13.8. The number of hydrogen-bond donors (Lipinski definition) is 0. The van der Waals surface area contributed by atoms with Crippen LogP contribution >= 0.6 is 0 Å². The van der Waals surface area contributed by atoms with Crippen LogP contribution in [0.15, 0.2) is 218 Å². The van der Waals surface area contributed by atoms with Crippen molar-refractivity contribution >= 4 is 21.8 Å². The first-order valence-corrected chi connectivity index (χ1v) is 21.2. The van der Waals surface area contributed by atoms with Crippen molar-refractivity contribution in [3.8, 4) is 73.5 Å². The van der Waals surface area contributed by atoms with Crippen LogP contribution in [0.5, 0.6) is 11.5 Å². The number of fused-ring (bicyclic) bond motifs is 3. The molecule has 312 valence electrons. The van der Waals surface area contributed by atoms with Crippen molar-refractivity contribution in [3.05, 3.63) is 230 Å². The van der Waals surface area contributed by atoms with Gasteiger partial charge in [-0.15, -0.1) is 0 Å².